The number of aliphatic hydroxyl groups excluding tert-OH is 17. The van der Waals surface area contributed by atoms with E-state index in [1.165, 1.54) is 7.11 Å². The van der Waals surface area contributed by atoms with E-state index >= 15 is 0 Å². The molecule has 12 unspecified atom stereocenters. The number of carbonyl (C=O) groups is 2. The molecule has 30 atom stereocenters. The van der Waals surface area contributed by atoms with Gasteiger partial charge in [-0.15, -0.1) is 0 Å². The second-order valence-corrected chi connectivity index (χ2v) is 21.3. The maximum atomic E-state index is 12.4. The molecule has 6 aliphatic heterocycles. The first-order valence-electron chi connectivity index (χ1n) is 26.1. The molecule has 19 N–H and O–H groups in total. The lowest BCUT2D eigenvalue weighted by atomic mass is 9.96. The Morgan fingerprint density at radius 2 is 0.843 bits per heavy atom. The Morgan fingerprint density at radius 3 is 1.36 bits per heavy atom. The van der Waals surface area contributed by atoms with Crippen molar-refractivity contribution in [1.82, 2.24) is 10.9 Å². The van der Waals surface area contributed by atoms with Gasteiger partial charge < -0.3 is 167 Å². The summed E-state index contributed by atoms with van der Waals surface area (Å²) in [6.45, 7) is -4.23. The summed E-state index contributed by atoms with van der Waals surface area (Å²) in [6.07, 6.45) is -58.9. The van der Waals surface area contributed by atoms with Gasteiger partial charge >= 0.3 is 0 Å². The van der Waals surface area contributed by atoms with E-state index in [4.69, 9.17) is 56.8 Å². The van der Waals surface area contributed by atoms with Gasteiger partial charge in [0.2, 0.25) is 5.91 Å². The number of phosphoric ester groups is 1. The normalized spacial score (nSPS) is 45.4. The number of methoxy groups -OCH3 is 1. The molecular weight excluding hydrogens is 1160 g/mol. The average Bonchev–Trinajstić information content (AvgIpc) is 3.58. The Morgan fingerprint density at radius 1 is 0.446 bits per heavy atom. The van der Waals surface area contributed by atoms with Crippen molar-refractivity contribution in [3.8, 4) is 0 Å². The van der Waals surface area contributed by atoms with E-state index < -0.39 is 244 Å². The Labute approximate surface area is 470 Å². The van der Waals surface area contributed by atoms with Crippen LogP contribution in [0.2, 0.25) is 0 Å². The quantitative estimate of drug-likeness (QED) is 0.0229. The lowest BCUT2D eigenvalue weighted by molar-refractivity contribution is -0.392. The summed E-state index contributed by atoms with van der Waals surface area (Å²) in [4.78, 5) is 46.5. The van der Waals surface area contributed by atoms with Crippen LogP contribution in [0, 0.1) is 0 Å². The van der Waals surface area contributed by atoms with Crippen molar-refractivity contribution < 1.29 is 177 Å². The van der Waals surface area contributed by atoms with Crippen LogP contribution in [0.4, 0.5) is 0 Å². The third-order valence-corrected chi connectivity index (χ3v) is 14.7. The smallest absolute Gasteiger partial charge is 0.264 e. The zero-order valence-electron chi connectivity index (χ0n) is 44.2. The first kappa shape index (κ1) is 69.9. The Kier molecular flexibility index (Phi) is 26.4. The van der Waals surface area contributed by atoms with Gasteiger partial charge in [0.05, 0.1) is 53.6 Å². The van der Waals surface area contributed by atoms with Crippen LogP contribution in [-0.2, 0) is 80.3 Å². The molecule has 0 aromatic rings. The van der Waals surface area contributed by atoms with E-state index in [0.29, 0.717) is 0 Å². The van der Waals surface area contributed by atoms with E-state index in [1.807, 2.05) is 0 Å². The third kappa shape index (κ3) is 17.4. The number of hydrogen-bond donors (Lipinski definition) is 19. The largest absolute Gasteiger partial charge is 0.790 e. The molecule has 6 rings (SSSR count). The van der Waals surface area contributed by atoms with Crippen molar-refractivity contribution in [2.45, 2.75) is 210 Å². The summed E-state index contributed by atoms with van der Waals surface area (Å²) in [5.41, 5.74) is 4.22. The minimum absolute atomic E-state index is 0.110. The van der Waals surface area contributed by atoms with Crippen LogP contribution in [0.15, 0.2) is 0 Å². The number of hydrazine groups is 1. The highest BCUT2D eigenvalue weighted by atomic mass is 31.2. The second-order valence-electron chi connectivity index (χ2n) is 20.1. The molecule has 0 spiro atoms. The van der Waals surface area contributed by atoms with E-state index in [0.717, 1.165) is 0 Å². The highest BCUT2D eigenvalue weighted by molar-refractivity contribution is 7.43. The fourth-order valence-electron chi connectivity index (χ4n) is 9.52. The maximum absolute atomic E-state index is 12.4. The fraction of sp³-hybridized carbons (Fsp3) is 0.955. The van der Waals surface area contributed by atoms with Gasteiger partial charge in [0, 0.05) is 13.5 Å². The predicted molar refractivity (Wildman–Crippen MR) is 250 cm³/mol. The standard InChI is InChI=1S/C44H77N2O36P/c1-3-13-21(51)27(57)33(63)41(74-13)81-37-30(60)22(52)14(7-47)75-43(37)72-9-16-24(54)28(58)32(62)39(77-16)71-10-17-26(56)36(35(65)40(78-17)70-6-4-5-19(49)45-46-20(50)12-69-2)80-44-38(31(61)23(53)15(8-48)76-44)82-42-34(64)29(59)25(55)18(79-42)11-73-83(66,67)68/h13-18,21-44,47-48,51-65H,3-12H2,1-2H3,(H,45,49)(H,46,50)(H2,66,67,68)/p-2/t13?,14?,15?,16?,17?,18?,21-,22-,23-,24-,25-,26-,27+,28+,29+,30+,31+,32?,33?,34?,35?,36+,37?,38?,39+,40-,41+,42-,43+,44-/m1/s1. The van der Waals surface area contributed by atoms with Crippen molar-refractivity contribution >= 4 is 19.6 Å². The molecule has 0 saturated carbocycles. The molecule has 2 amide bonds. The van der Waals surface area contributed by atoms with Gasteiger partial charge in [-0.2, -0.15) is 0 Å². The molecular formula is C44H75N2O36P-2. The molecule has 0 bridgehead atoms. The molecule has 0 radical (unpaired) electrons. The third-order valence-electron chi connectivity index (χ3n) is 14.3. The summed E-state index contributed by atoms with van der Waals surface area (Å²) in [6, 6.07) is 0. The molecule has 39 heteroatoms. The summed E-state index contributed by atoms with van der Waals surface area (Å²) >= 11 is 0. The van der Waals surface area contributed by atoms with Crippen LogP contribution < -0.4 is 20.6 Å². The molecule has 83 heavy (non-hydrogen) atoms. The molecule has 0 aromatic heterocycles. The molecule has 6 fully saturated rings. The number of hydrogen-bond acceptors (Lipinski definition) is 36. The van der Waals surface area contributed by atoms with Crippen LogP contribution in [0.1, 0.15) is 26.2 Å². The summed E-state index contributed by atoms with van der Waals surface area (Å²) < 4.78 is 88.4. The highest BCUT2D eigenvalue weighted by Crippen LogP contribution is 2.36. The van der Waals surface area contributed by atoms with Crippen LogP contribution >= 0.6 is 7.82 Å². The van der Waals surface area contributed by atoms with Crippen molar-refractivity contribution in [2.75, 3.05) is 53.4 Å². The Hall–Kier alpha value is -2.15. The SMILES string of the molecule is CCC1O[C@@H](OC2[C@@H](OCC3O[C@H](OCC4O[C@@H](OCCCC(=O)NNC(=O)COC)C(O)[C@@H](O[C@H]5OC(CO)[C@@H](O)[C@H](O)C5O[C@H]5OC(COP(=O)([O-])[O-])[C@@H](O)[C@H](O)C5O)[C@@H]4O)C(O)[C@@H](O)[C@@H]3O)OC(CO)[C@@H](O)[C@@H]2O)C(O)[C@@H](O)[C@@H]1O. The first-order chi connectivity index (χ1) is 39.2. The molecule has 6 heterocycles. The molecule has 0 aromatic carbocycles. The van der Waals surface area contributed by atoms with Gasteiger partial charge in [-0.05, 0) is 12.8 Å². The molecule has 6 aliphatic rings. The highest BCUT2D eigenvalue weighted by Gasteiger charge is 2.56. The lowest BCUT2D eigenvalue weighted by Crippen LogP contribution is -2.67. The summed E-state index contributed by atoms with van der Waals surface area (Å²) in [5.74, 6) is -1.42. The van der Waals surface area contributed by atoms with Crippen molar-refractivity contribution in [3.63, 3.8) is 0 Å². The zero-order chi connectivity index (χ0) is 61.4. The van der Waals surface area contributed by atoms with Crippen molar-refractivity contribution in [2.24, 2.45) is 0 Å². The van der Waals surface area contributed by atoms with Crippen LogP contribution in [0.25, 0.3) is 0 Å². The Bertz CT molecular complexity index is 2040. The van der Waals surface area contributed by atoms with E-state index in [9.17, 15) is 111 Å². The molecule has 38 nitrogen and oxygen atoms in total. The number of phosphoric acid groups is 1. The number of ether oxygens (including phenoxy) is 13. The number of rotatable bonds is 25. The monoisotopic (exact) mass is 1240 g/mol. The van der Waals surface area contributed by atoms with E-state index in [2.05, 4.69) is 20.1 Å². The minimum atomic E-state index is -5.72. The topological polar surface area (TPSA) is 595 Å². The van der Waals surface area contributed by atoms with E-state index in [-0.39, 0.29) is 25.9 Å². The number of aliphatic hydroxyl groups is 17. The second kappa shape index (κ2) is 31.3. The van der Waals surface area contributed by atoms with Gasteiger partial charge in [0.25, 0.3) is 5.91 Å². The lowest BCUT2D eigenvalue weighted by Gasteiger charge is -2.49. The molecule has 484 valence electrons. The van der Waals surface area contributed by atoms with Crippen LogP contribution in [-0.4, -0.2) is 336 Å². The number of amides is 2. The van der Waals surface area contributed by atoms with Crippen LogP contribution in [0.3, 0.4) is 0 Å². The van der Waals surface area contributed by atoms with Crippen molar-refractivity contribution in [1.29, 1.82) is 0 Å². The van der Waals surface area contributed by atoms with Crippen LogP contribution in [0.5, 0.6) is 0 Å². The van der Waals surface area contributed by atoms with Gasteiger partial charge in [-0.1, -0.05) is 6.92 Å². The first-order valence-corrected chi connectivity index (χ1v) is 27.5. The van der Waals surface area contributed by atoms with Gasteiger partial charge in [-0.3, -0.25) is 20.4 Å². The predicted octanol–water partition coefficient (Wildman–Crippen LogP) is -14.2. The number of carbonyl (C=O) groups excluding carboxylic acids is 2. The van der Waals surface area contributed by atoms with Gasteiger partial charge in [-0.25, -0.2) is 0 Å². The minimum Gasteiger partial charge on any atom is -0.790 e. The molecule has 6 saturated heterocycles. The summed E-state index contributed by atoms with van der Waals surface area (Å²) in [7, 11) is -4.49. The zero-order valence-corrected chi connectivity index (χ0v) is 45.1. The summed E-state index contributed by atoms with van der Waals surface area (Å²) in [5, 5.41) is 184. The molecule has 0 aliphatic carbocycles. The van der Waals surface area contributed by atoms with E-state index in [1.54, 1.807) is 6.92 Å². The number of nitrogens with one attached hydrogen (secondary N) is 2. The van der Waals surface area contributed by atoms with Gasteiger partial charge in [0.15, 0.2) is 37.7 Å². The van der Waals surface area contributed by atoms with Crippen molar-refractivity contribution in [3.05, 3.63) is 0 Å². The Balaban J connectivity index is 1.20. The maximum Gasteiger partial charge on any atom is 0.264 e. The average molecular weight is 1240 g/mol. The fourth-order valence-corrected chi connectivity index (χ4v) is 9.85. The van der Waals surface area contributed by atoms with Gasteiger partial charge in [0.1, 0.15) is 147 Å².